The Morgan fingerprint density at radius 1 is 1.67 bits per heavy atom. The molecule has 0 unspecified atom stereocenters. The third kappa shape index (κ3) is 5.63. The summed E-state index contributed by atoms with van der Waals surface area (Å²) in [6, 6.07) is 0. The molecule has 0 saturated carbocycles. The highest BCUT2D eigenvalue weighted by Gasteiger charge is 1.80. The van der Waals surface area contributed by atoms with E-state index in [4.69, 9.17) is 0 Å². The molecule has 0 fully saturated rings. The molecule has 0 N–H and O–H groups in total. The van der Waals surface area contributed by atoms with Gasteiger partial charge in [-0.1, -0.05) is 13.0 Å². The Bertz CT molecular complexity index is 116. The lowest BCUT2D eigenvalue weighted by Crippen LogP contribution is -1.64. The molecule has 52 valence electrons. The molecule has 0 aromatic heterocycles. The van der Waals surface area contributed by atoms with Crippen molar-refractivity contribution in [3.05, 3.63) is 11.0 Å². The highest BCUT2D eigenvalue weighted by molar-refractivity contribution is 8.01. The molecule has 0 saturated heterocycles. The van der Waals surface area contributed by atoms with Crippen molar-refractivity contribution >= 4 is 18.2 Å². The van der Waals surface area contributed by atoms with Crippen molar-refractivity contribution in [2.45, 2.75) is 27.2 Å². The minimum absolute atomic E-state index is 1.02. The monoisotopic (exact) mass is 143 g/mol. The summed E-state index contributed by atoms with van der Waals surface area (Å²) in [6.45, 7) is 6.15. The van der Waals surface area contributed by atoms with Gasteiger partial charge in [-0.25, -0.2) is 4.40 Å². The van der Waals surface area contributed by atoms with Crippen LogP contribution in [0.1, 0.15) is 27.2 Å². The van der Waals surface area contributed by atoms with Crippen LogP contribution >= 0.6 is 11.9 Å². The number of hydrogen-bond acceptors (Lipinski definition) is 2. The molecule has 0 aliphatic rings. The first-order valence-electron chi connectivity index (χ1n) is 3.13. The summed E-state index contributed by atoms with van der Waals surface area (Å²) < 4.78 is 4.08. The average molecular weight is 143 g/mol. The summed E-state index contributed by atoms with van der Waals surface area (Å²) in [5.74, 6) is 0. The van der Waals surface area contributed by atoms with E-state index in [1.54, 1.807) is 0 Å². The molecule has 0 bridgehead atoms. The van der Waals surface area contributed by atoms with Gasteiger partial charge in [0.15, 0.2) is 0 Å². The van der Waals surface area contributed by atoms with Crippen molar-refractivity contribution in [1.82, 2.24) is 0 Å². The highest BCUT2D eigenvalue weighted by atomic mass is 32.2. The number of rotatable bonds is 3. The molecule has 0 radical (unpaired) electrons. The van der Waals surface area contributed by atoms with Gasteiger partial charge in [0.05, 0.1) is 0 Å². The van der Waals surface area contributed by atoms with E-state index >= 15 is 0 Å². The second kappa shape index (κ2) is 5.89. The zero-order valence-corrected chi connectivity index (χ0v) is 7.03. The van der Waals surface area contributed by atoms with Gasteiger partial charge >= 0.3 is 0 Å². The second-order valence-electron chi connectivity index (χ2n) is 1.69. The number of allylic oxidation sites excluding steroid dienone is 2. The molecule has 0 aromatic rings. The van der Waals surface area contributed by atoms with Crippen LogP contribution in [0, 0.1) is 0 Å². The molecular weight excluding hydrogens is 130 g/mol. The first kappa shape index (κ1) is 8.76. The molecule has 0 aliphatic heterocycles. The van der Waals surface area contributed by atoms with Crippen molar-refractivity contribution in [2.24, 2.45) is 4.40 Å². The van der Waals surface area contributed by atoms with Gasteiger partial charge in [0.25, 0.3) is 0 Å². The zero-order valence-electron chi connectivity index (χ0n) is 6.22. The molecular formula is C7H13NS. The normalized spacial score (nSPS) is 13.0. The van der Waals surface area contributed by atoms with Gasteiger partial charge in [0.2, 0.25) is 0 Å². The van der Waals surface area contributed by atoms with Gasteiger partial charge in [-0.2, -0.15) is 0 Å². The molecule has 2 heteroatoms. The van der Waals surface area contributed by atoms with Crippen LogP contribution in [0.15, 0.2) is 15.4 Å². The Morgan fingerprint density at radius 3 is 2.78 bits per heavy atom. The van der Waals surface area contributed by atoms with E-state index < -0.39 is 0 Å². The Balaban J connectivity index is 3.38. The Labute approximate surface area is 61.4 Å². The van der Waals surface area contributed by atoms with Gasteiger partial charge in [-0.3, -0.25) is 0 Å². The first-order valence-corrected chi connectivity index (χ1v) is 3.90. The summed E-state index contributed by atoms with van der Waals surface area (Å²) in [7, 11) is 0. The van der Waals surface area contributed by atoms with E-state index in [0.717, 1.165) is 6.42 Å². The number of nitrogens with zero attached hydrogens (tertiary/aromatic N) is 1. The Hall–Kier alpha value is -0.240. The van der Waals surface area contributed by atoms with Gasteiger partial charge < -0.3 is 0 Å². The van der Waals surface area contributed by atoms with Crippen LogP contribution in [-0.2, 0) is 0 Å². The highest BCUT2D eigenvalue weighted by Crippen LogP contribution is 2.14. The van der Waals surface area contributed by atoms with Crippen LogP contribution in [0.4, 0.5) is 0 Å². The third-order valence-electron chi connectivity index (χ3n) is 0.860. The predicted octanol–water partition coefficient (Wildman–Crippen LogP) is 3.04. The molecule has 0 amide bonds. The minimum Gasteiger partial charge on any atom is -0.224 e. The topological polar surface area (TPSA) is 12.4 Å². The van der Waals surface area contributed by atoms with E-state index in [-0.39, 0.29) is 0 Å². The van der Waals surface area contributed by atoms with E-state index in [1.165, 1.54) is 16.9 Å². The summed E-state index contributed by atoms with van der Waals surface area (Å²) in [5.41, 5.74) is 0. The van der Waals surface area contributed by atoms with E-state index in [1.807, 2.05) is 13.1 Å². The standard InChI is InChI=1S/C7H13NS/c1-4-6-8-9-7(3)5-2/h5-6H,4H2,1-3H3/b7-5-,8-6+. The third-order valence-corrected chi connectivity index (χ3v) is 1.64. The maximum absolute atomic E-state index is 4.08. The quantitative estimate of drug-likeness (QED) is 0.437. The lowest BCUT2D eigenvalue weighted by atomic mass is 10.6. The van der Waals surface area contributed by atoms with Crippen LogP contribution < -0.4 is 0 Å². The van der Waals surface area contributed by atoms with Crippen LogP contribution in [0.3, 0.4) is 0 Å². The van der Waals surface area contributed by atoms with E-state index in [0.29, 0.717) is 0 Å². The van der Waals surface area contributed by atoms with Crippen molar-refractivity contribution < 1.29 is 0 Å². The first-order chi connectivity index (χ1) is 4.31. The summed E-state index contributed by atoms with van der Waals surface area (Å²) in [6.07, 6.45) is 4.99. The summed E-state index contributed by atoms with van der Waals surface area (Å²) in [5, 5.41) is 0. The fourth-order valence-electron chi connectivity index (χ4n) is 0.248. The predicted molar refractivity (Wildman–Crippen MR) is 45.8 cm³/mol. The largest absolute Gasteiger partial charge is 0.224 e. The minimum atomic E-state index is 1.02. The molecule has 0 rings (SSSR count). The fraction of sp³-hybridized carbons (Fsp3) is 0.571. The van der Waals surface area contributed by atoms with Crippen LogP contribution in [-0.4, -0.2) is 6.21 Å². The van der Waals surface area contributed by atoms with Gasteiger partial charge in [-0.15, -0.1) is 0 Å². The molecule has 0 aliphatic carbocycles. The molecule has 0 atom stereocenters. The maximum Gasteiger partial charge on any atom is 0.0127 e. The van der Waals surface area contributed by atoms with Crippen molar-refractivity contribution in [2.75, 3.05) is 0 Å². The van der Waals surface area contributed by atoms with Crippen molar-refractivity contribution in [1.29, 1.82) is 0 Å². The zero-order chi connectivity index (χ0) is 7.11. The summed E-state index contributed by atoms with van der Waals surface area (Å²) >= 11 is 1.53. The fourth-order valence-corrected chi connectivity index (χ4v) is 0.743. The second-order valence-corrected chi connectivity index (χ2v) is 2.72. The molecule has 0 heterocycles. The molecule has 0 spiro atoms. The summed E-state index contributed by atoms with van der Waals surface area (Å²) in [4.78, 5) is 1.25. The van der Waals surface area contributed by atoms with Crippen LogP contribution in [0.2, 0.25) is 0 Å². The van der Waals surface area contributed by atoms with Crippen LogP contribution in [0.25, 0.3) is 0 Å². The Morgan fingerprint density at radius 2 is 2.33 bits per heavy atom. The lowest BCUT2D eigenvalue weighted by Gasteiger charge is -1.88. The Kier molecular flexibility index (Phi) is 5.73. The van der Waals surface area contributed by atoms with Crippen molar-refractivity contribution in [3.8, 4) is 0 Å². The van der Waals surface area contributed by atoms with Gasteiger partial charge in [0, 0.05) is 23.1 Å². The molecule has 0 aromatic carbocycles. The van der Waals surface area contributed by atoms with Gasteiger partial charge in [0.1, 0.15) is 0 Å². The van der Waals surface area contributed by atoms with Crippen molar-refractivity contribution in [3.63, 3.8) is 0 Å². The smallest absolute Gasteiger partial charge is 0.0127 e. The van der Waals surface area contributed by atoms with Crippen LogP contribution in [0.5, 0.6) is 0 Å². The molecule has 1 nitrogen and oxygen atoms in total. The van der Waals surface area contributed by atoms with E-state index in [9.17, 15) is 0 Å². The van der Waals surface area contributed by atoms with E-state index in [2.05, 4.69) is 24.3 Å². The number of hydrogen-bond donors (Lipinski definition) is 0. The lowest BCUT2D eigenvalue weighted by molar-refractivity contribution is 1.33. The SMILES string of the molecule is C/C=C(/C)S/N=C/CC. The maximum atomic E-state index is 4.08. The van der Waals surface area contributed by atoms with Gasteiger partial charge in [-0.05, 0) is 20.3 Å². The average Bonchev–Trinajstić information content (AvgIpc) is 1.89. The molecule has 9 heavy (non-hydrogen) atoms.